The maximum absolute atomic E-state index is 14.4. The van der Waals surface area contributed by atoms with Crippen molar-refractivity contribution in [2.75, 3.05) is 31.5 Å². The largest absolute Gasteiger partial charge is 0.416 e. The Morgan fingerprint density at radius 2 is 1.69 bits per heavy atom. The molecular weight excluding hydrogens is 575 g/mol. The molecule has 230 valence electrons. The number of alkyl halides is 3. The fourth-order valence-corrected chi connectivity index (χ4v) is 6.72. The average Bonchev–Trinajstić information content (AvgIpc) is 3.75. The van der Waals surface area contributed by atoms with Crippen LogP contribution in [0.15, 0.2) is 85.2 Å². The van der Waals surface area contributed by atoms with Crippen LogP contribution < -0.4 is 5.32 Å². The van der Waals surface area contributed by atoms with Crippen LogP contribution in [0.3, 0.4) is 0 Å². The number of nitrogens with one attached hydrogen (secondary N) is 1. The van der Waals surface area contributed by atoms with Gasteiger partial charge in [-0.3, -0.25) is 9.78 Å². The number of fused-ring (bicyclic) bond motifs is 2. The number of rotatable bonds is 7. The highest BCUT2D eigenvalue weighted by atomic mass is 19.4. The Hall–Kier alpha value is -4.50. The number of carbonyl (C=O) groups is 1. The molecular formula is C36H34F3N5O. The van der Waals surface area contributed by atoms with E-state index >= 15 is 0 Å². The number of likely N-dealkylation sites (tertiary alicyclic amines) is 2. The second kappa shape index (κ2) is 12.1. The van der Waals surface area contributed by atoms with Crippen molar-refractivity contribution in [2.24, 2.45) is 0 Å². The summed E-state index contributed by atoms with van der Waals surface area (Å²) < 4.78 is 39.2. The summed E-state index contributed by atoms with van der Waals surface area (Å²) in [6.07, 6.45) is 3.68. The van der Waals surface area contributed by atoms with Gasteiger partial charge in [0.15, 0.2) is 0 Å². The van der Waals surface area contributed by atoms with Gasteiger partial charge in [0.05, 0.1) is 16.6 Å². The van der Waals surface area contributed by atoms with E-state index in [4.69, 9.17) is 4.98 Å². The molecule has 0 unspecified atom stereocenters. The maximum atomic E-state index is 14.4. The van der Waals surface area contributed by atoms with Crippen molar-refractivity contribution in [3.8, 4) is 11.1 Å². The van der Waals surface area contributed by atoms with Gasteiger partial charge in [-0.05, 0) is 85.6 Å². The van der Waals surface area contributed by atoms with Crippen LogP contribution >= 0.6 is 0 Å². The number of amides is 1. The van der Waals surface area contributed by atoms with Crippen LogP contribution in [0.25, 0.3) is 32.8 Å². The molecule has 3 aromatic carbocycles. The molecule has 45 heavy (non-hydrogen) atoms. The van der Waals surface area contributed by atoms with Gasteiger partial charge < -0.3 is 15.1 Å². The fraction of sp³-hybridized carbons (Fsp3) is 0.306. The molecule has 2 aliphatic heterocycles. The van der Waals surface area contributed by atoms with Gasteiger partial charge in [0, 0.05) is 54.4 Å². The lowest BCUT2D eigenvalue weighted by molar-refractivity contribution is -0.137. The Morgan fingerprint density at radius 3 is 2.49 bits per heavy atom. The van der Waals surface area contributed by atoms with Gasteiger partial charge in [-0.2, -0.15) is 13.2 Å². The summed E-state index contributed by atoms with van der Waals surface area (Å²) in [6, 6.07) is 21.1. The lowest BCUT2D eigenvalue weighted by Crippen LogP contribution is -2.42. The zero-order valence-corrected chi connectivity index (χ0v) is 24.9. The van der Waals surface area contributed by atoms with Crippen molar-refractivity contribution in [3.05, 3.63) is 102 Å². The normalized spacial score (nSPS) is 17.4. The minimum Gasteiger partial charge on any atom is -0.366 e. The van der Waals surface area contributed by atoms with E-state index in [1.54, 1.807) is 6.07 Å². The summed E-state index contributed by atoms with van der Waals surface area (Å²) in [5, 5.41) is 6.13. The zero-order chi connectivity index (χ0) is 31.0. The smallest absolute Gasteiger partial charge is 0.366 e. The van der Waals surface area contributed by atoms with Crippen molar-refractivity contribution in [1.82, 2.24) is 19.8 Å². The quantitative estimate of drug-likeness (QED) is 0.204. The Labute approximate surface area is 259 Å². The van der Waals surface area contributed by atoms with Gasteiger partial charge in [0.2, 0.25) is 0 Å². The molecule has 1 amide bonds. The molecule has 7 rings (SSSR count). The molecule has 0 spiro atoms. The van der Waals surface area contributed by atoms with E-state index in [9.17, 15) is 18.0 Å². The molecule has 1 N–H and O–H groups in total. The monoisotopic (exact) mass is 609 g/mol. The van der Waals surface area contributed by atoms with Crippen LogP contribution in [0.5, 0.6) is 0 Å². The number of nitrogens with zero attached hydrogens (tertiary/aromatic N) is 4. The number of halogens is 3. The van der Waals surface area contributed by atoms with Crippen LogP contribution in [0, 0.1) is 0 Å². The molecule has 0 aliphatic carbocycles. The predicted octanol–water partition coefficient (Wildman–Crippen LogP) is 7.78. The van der Waals surface area contributed by atoms with Gasteiger partial charge in [-0.1, -0.05) is 42.5 Å². The minimum atomic E-state index is -4.38. The van der Waals surface area contributed by atoms with Crippen LogP contribution in [0.4, 0.5) is 19.0 Å². The molecule has 0 bridgehead atoms. The Kier molecular flexibility index (Phi) is 7.87. The molecule has 2 aromatic heterocycles. The first-order valence-electron chi connectivity index (χ1n) is 15.5. The molecule has 2 saturated heterocycles. The van der Waals surface area contributed by atoms with E-state index < -0.39 is 11.7 Å². The summed E-state index contributed by atoms with van der Waals surface area (Å²) in [4.78, 5) is 28.2. The van der Waals surface area contributed by atoms with E-state index in [1.165, 1.54) is 25.0 Å². The number of hydrogen-bond acceptors (Lipinski definition) is 5. The van der Waals surface area contributed by atoms with Crippen LogP contribution in [0.2, 0.25) is 0 Å². The first-order valence-corrected chi connectivity index (χ1v) is 15.5. The lowest BCUT2D eigenvalue weighted by atomic mass is 9.97. The van der Waals surface area contributed by atoms with E-state index in [-0.39, 0.29) is 18.5 Å². The van der Waals surface area contributed by atoms with Crippen LogP contribution in [-0.2, 0) is 12.7 Å². The van der Waals surface area contributed by atoms with Crippen LogP contribution in [-0.4, -0.2) is 57.9 Å². The minimum absolute atomic E-state index is 0.0186. The summed E-state index contributed by atoms with van der Waals surface area (Å²) in [5.74, 6) is 0.482. The van der Waals surface area contributed by atoms with Gasteiger partial charge in [0.1, 0.15) is 5.82 Å². The summed E-state index contributed by atoms with van der Waals surface area (Å²) in [6.45, 7) is 4.03. The SMILES string of the molecule is O=C(c1cc(NCc2ccc(C(F)(F)F)cc2)nc2ccc(-c3cncc4ccccc34)cc12)N1CCC[C@H]1CN1CCCC1. The third-order valence-corrected chi connectivity index (χ3v) is 9.08. The van der Waals surface area contributed by atoms with E-state index in [1.807, 2.05) is 53.7 Å². The van der Waals surface area contributed by atoms with Gasteiger partial charge in [-0.15, -0.1) is 0 Å². The molecule has 0 saturated carbocycles. The third-order valence-electron chi connectivity index (χ3n) is 9.08. The Balaban J connectivity index is 1.25. The second-order valence-corrected chi connectivity index (χ2v) is 12.0. The van der Waals surface area contributed by atoms with E-state index in [0.29, 0.717) is 29.0 Å². The van der Waals surface area contributed by atoms with E-state index in [0.717, 1.165) is 71.9 Å². The molecule has 9 heteroatoms. The molecule has 4 heterocycles. The number of aromatic nitrogens is 2. The zero-order valence-electron chi connectivity index (χ0n) is 24.9. The number of benzene rings is 3. The number of pyridine rings is 2. The number of carbonyl (C=O) groups excluding carboxylic acids is 1. The average molecular weight is 610 g/mol. The molecule has 0 radical (unpaired) electrons. The predicted molar refractivity (Wildman–Crippen MR) is 171 cm³/mol. The third kappa shape index (κ3) is 6.09. The van der Waals surface area contributed by atoms with Crippen molar-refractivity contribution in [1.29, 1.82) is 0 Å². The van der Waals surface area contributed by atoms with E-state index in [2.05, 4.69) is 21.3 Å². The number of hydrogen-bond donors (Lipinski definition) is 1. The summed E-state index contributed by atoms with van der Waals surface area (Å²) in [7, 11) is 0. The highest BCUT2D eigenvalue weighted by molar-refractivity contribution is 6.09. The fourth-order valence-electron chi connectivity index (χ4n) is 6.72. The summed E-state index contributed by atoms with van der Waals surface area (Å²) >= 11 is 0. The van der Waals surface area contributed by atoms with Crippen molar-refractivity contribution in [2.45, 2.75) is 44.4 Å². The Bertz CT molecular complexity index is 1850. The molecule has 1 atom stereocenters. The van der Waals surface area contributed by atoms with Crippen molar-refractivity contribution >= 4 is 33.4 Å². The molecule has 2 aliphatic rings. The van der Waals surface area contributed by atoms with Crippen molar-refractivity contribution < 1.29 is 18.0 Å². The summed E-state index contributed by atoms with van der Waals surface area (Å²) in [5.41, 5.74) is 3.16. The van der Waals surface area contributed by atoms with Gasteiger partial charge >= 0.3 is 6.18 Å². The molecule has 5 aromatic rings. The Morgan fingerprint density at radius 1 is 0.889 bits per heavy atom. The highest BCUT2D eigenvalue weighted by Crippen LogP contribution is 2.34. The van der Waals surface area contributed by atoms with Gasteiger partial charge in [0.25, 0.3) is 5.91 Å². The first kappa shape index (κ1) is 29.2. The second-order valence-electron chi connectivity index (χ2n) is 12.0. The first-order chi connectivity index (χ1) is 21.8. The standard InChI is InChI=1S/C36H34F3N5O/c37-36(38,39)27-12-9-24(10-13-27)20-41-34-19-31(35(45)44-17-5-7-28(44)23-43-15-3-4-16-43)30-18-25(11-14-33(30)42-34)32-22-40-21-26-6-1-2-8-29(26)32/h1-2,6,8-14,18-19,21-22,28H,3-5,7,15-17,20,23H2,(H,41,42)/t28-/m0/s1. The van der Waals surface area contributed by atoms with Gasteiger partial charge in [-0.25, -0.2) is 4.98 Å². The molecule has 2 fully saturated rings. The maximum Gasteiger partial charge on any atom is 0.416 e. The van der Waals surface area contributed by atoms with Crippen LogP contribution in [0.1, 0.15) is 47.2 Å². The van der Waals surface area contributed by atoms with Crippen molar-refractivity contribution in [3.63, 3.8) is 0 Å². The topological polar surface area (TPSA) is 61.4 Å². The number of anilines is 1. The molecule has 6 nitrogen and oxygen atoms in total. The lowest BCUT2D eigenvalue weighted by Gasteiger charge is -2.29. The highest BCUT2D eigenvalue weighted by Gasteiger charge is 2.33.